The lowest BCUT2D eigenvalue weighted by Crippen LogP contribution is -2.26. The van der Waals surface area contributed by atoms with E-state index in [1.165, 1.54) is 4.57 Å². The van der Waals surface area contributed by atoms with E-state index >= 15 is 0 Å². The van der Waals surface area contributed by atoms with Crippen molar-refractivity contribution >= 4 is 22.6 Å². The predicted molar refractivity (Wildman–Crippen MR) is 91.7 cm³/mol. The van der Waals surface area contributed by atoms with Crippen LogP contribution in [0.4, 0.5) is 5.69 Å². The molecule has 0 aliphatic carbocycles. The standard InChI is InChI=1S/C18H19N3O2/c1-12(2)13-7-3-4-8-14(13)19-17(22)11-21-16-10-6-5-9-15(16)20-18(21)23/h3-10,12H,11H2,1-2H3,(H,19,22)(H,20,23). The Morgan fingerprint density at radius 2 is 1.83 bits per heavy atom. The van der Waals surface area contributed by atoms with Crippen molar-refractivity contribution in [3.05, 3.63) is 64.6 Å². The molecule has 0 saturated heterocycles. The molecule has 23 heavy (non-hydrogen) atoms. The van der Waals surface area contributed by atoms with E-state index in [0.29, 0.717) is 5.92 Å². The Bertz CT molecular complexity index is 906. The molecule has 0 bridgehead atoms. The number of amides is 1. The van der Waals surface area contributed by atoms with Crippen molar-refractivity contribution in [2.24, 2.45) is 0 Å². The largest absolute Gasteiger partial charge is 0.326 e. The maximum atomic E-state index is 12.4. The molecule has 0 spiro atoms. The van der Waals surface area contributed by atoms with Gasteiger partial charge in [-0.15, -0.1) is 0 Å². The Kier molecular flexibility index (Phi) is 4.02. The third-order valence-corrected chi connectivity index (χ3v) is 3.84. The van der Waals surface area contributed by atoms with Gasteiger partial charge in [-0.25, -0.2) is 4.79 Å². The molecule has 3 aromatic rings. The molecule has 5 heteroatoms. The van der Waals surface area contributed by atoms with Crippen LogP contribution in [0.2, 0.25) is 0 Å². The summed E-state index contributed by atoms with van der Waals surface area (Å²) in [5, 5.41) is 2.91. The molecule has 0 aliphatic rings. The van der Waals surface area contributed by atoms with Crippen LogP contribution in [0, 0.1) is 0 Å². The second-order valence-corrected chi connectivity index (χ2v) is 5.82. The monoisotopic (exact) mass is 309 g/mol. The zero-order valence-electron chi connectivity index (χ0n) is 13.2. The lowest BCUT2D eigenvalue weighted by atomic mass is 10.0. The molecule has 0 aliphatic heterocycles. The van der Waals surface area contributed by atoms with E-state index in [2.05, 4.69) is 24.1 Å². The van der Waals surface area contributed by atoms with Crippen LogP contribution in [0.25, 0.3) is 11.0 Å². The normalized spacial score (nSPS) is 11.1. The summed E-state index contributed by atoms with van der Waals surface area (Å²) in [5.74, 6) is 0.0901. The summed E-state index contributed by atoms with van der Waals surface area (Å²) in [6.07, 6.45) is 0. The highest BCUT2D eigenvalue weighted by Gasteiger charge is 2.12. The number of aromatic nitrogens is 2. The number of benzene rings is 2. The minimum absolute atomic E-state index is 0.0186. The fourth-order valence-electron chi connectivity index (χ4n) is 2.71. The van der Waals surface area contributed by atoms with Crippen molar-refractivity contribution in [1.82, 2.24) is 9.55 Å². The van der Waals surface area contributed by atoms with Gasteiger partial charge in [0.2, 0.25) is 5.91 Å². The number of anilines is 1. The Hall–Kier alpha value is -2.82. The molecule has 5 nitrogen and oxygen atoms in total. The van der Waals surface area contributed by atoms with Crippen molar-refractivity contribution in [3.63, 3.8) is 0 Å². The Balaban J connectivity index is 1.85. The van der Waals surface area contributed by atoms with Crippen LogP contribution in [-0.4, -0.2) is 15.5 Å². The number of aromatic amines is 1. The summed E-state index contributed by atoms with van der Waals surface area (Å²) in [6.45, 7) is 4.14. The molecule has 0 fully saturated rings. The highest BCUT2D eigenvalue weighted by Crippen LogP contribution is 2.23. The topological polar surface area (TPSA) is 66.9 Å². The molecule has 0 atom stereocenters. The van der Waals surface area contributed by atoms with Crippen LogP contribution in [-0.2, 0) is 11.3 Å². The average molecular weight is 309 g/mol. The van der Waals surface area contributed by atoms with E-state index in [1.54, 1.807) is 0 Å². The Morgan fingerprint density at radius 3 is 2.61 bits per heavy atom. The zero-order chi connectivity index (χ0) is 16.4. The van der Waals surface area contributed by atoms with Gasteiger partial charge in [-0.05, 0) is 29.7 Å². The van der Waals surface area contributed by atoms with Crippen LogP contribution in [0.15, 0.2) is 53.3 Å². The summed E-state index contributed by atoms with van der Waals surface area (Å²) in [6, 6.07) is 15.1. The number of fused-ring (bicyclic) bond motifs is 1. The number of carbonyl (C=O) groups is 1. The second kappa shape index (κ2) is 6.12. The summed E-state index contributed by atoms with van der Waals surface area (Å²) in [7, 11) is 0. The molecule has 1 aromatic heterocycles. The van der Waals surface area contributed by atoms with E-state index in [-0.39, 0.29) is 18.1 Å². The summed E-state index contributed by atoms with van der Waals surface area (Å²) in [4.78, 5) is 27.1. The third kappa shape index (κ3) is 3.04. The smallest absolute Gasteiger partial charge is 0.324 e. The number of nitrogens with zero attached hydrogens (tertiary/aromatic N) is 1. The molecule has 0 radical (unpaired) electrons. The summed E-state index contributed by atoms with van der Waals surface area (Å²) in [5.41, 5.74) is 3.05. The van der Waals surface area contributed by atoms with E-state index in [0.717, 1.165) is 22.3 Å². The maximum absolute atomic E-state index is 12.4. The maximum Gasteiger partial charge on any atom is 0.326 e. The van der Waals surface area contributed by atoms with E-state index in [1.807, 2.05) is 48.5 Å². The molecule has 2 aromatic carbocycles. The lowest BCUT2D eigenvalue weighted by molar-refractivity contribution is -0.116. The minimum atomic E-state index is -0.279. The predicted octanol–water partition coefficient (Wildman–Crippen LogP) is 3.09. The SMILES string of the molecule is CC(C)c1ccccc1NC(=O)Cn1c(=O)[nH]c2ccccc21. The lowest BCUT2D eigenvalue weighted by Gasteiger charge is -2.13. The van der Waals surface area contributed by atoms with Crippen LogP contribution in [0.5, 0.6) is 0 Å². The summed E-state index contributed by atoms with van der Waals surface area (Å²) < 4.78 is 1.45. The first-order chi connectivity index (χ1) is 11.1. The minimum Gasteiger partial charge on any atom is -0.324 e. The Morgan fingerprint density at radius 1 is 1.13 bits per heavy atom. The first kappa shape index (κ1) is 15.1. The van der Waals surface area contributed by atoms with Crippen molar-refractivity contribution in [3.8, 4) is 0 Å². The molecule has 1 heterocycles. The van der Waals surface area contributed by atoms with Gasteiger partial charge in [0, 0.05) is 5.69 Å². The van der Waals surface area contributed by atoms with Gasteiger partial charge in [-0.1, -0.05) is 44.2 Å². The van der Waals surface area contributed by atoms with Crippen LogP contribution >= 0.6 is 0 Å². The molecular formula is C18H19N3O2. The fraction of sp³-hybridized carbons (Fsp3) is 0.222. The van der Waals surface area contributed by atoms with E-state index in [9.17, 15) is 9.59 Å². The van der Waals surface area contributed by atoms with Crippen LogP contribution in [0.3, 0.4) is 0 Å². The van der Waals surface area contributed by atoms with Crippen molar-refractivity contribution in [1.29, 1.82) is 0 Å². The average Bonchev–Trinajstić information content (AvgIpc) is 2.83. The van der Waals surface area contributed by atoms with Gasteiger partial charge < -0.3 is 10.3 Å². The number of hydrogen-bond donors (Lipinski definition) is 2. The number of imidazole rings is 1. The van der Waals surface area contributed by atoms with Crippen molar-refractivity contribution < 1.29 is 4.79 Å². The number of nitrogens with one attached hydrogen (secondary N) is 2. The van der Waals surface area contributed by atoms with Crippen molar-refractivity contribution in [2.45, 2.75) is 26.3 Å². The molecule has 3 rings (SSSR count). The van der Waals surface area contributed by atoms with Gasteiger partial charge in [0.25, 0.3) is 0 Å². The van der Waals surface area contributed by atoms with Gasteiger partial charge in [-0.2, -0.15) is 0 Å². The van der Waals surface area contributed by atoms with Crippen LogP contribution in [0.1, 0.15) is 25.3 Å². The number of hydrogen-bond acceptors (Lipinski definition) is 2. The van der Waals surface area contributed by atoms with Gasteiger partial charge in [0.1, 0.15) is 6.54 Å². The number of rotatable bonds is 4. The van der Waals surface area contributed by atoms with Gasteiger partial charge >= 0.3 is 5.69 Å². The first-order valence-electron chi connectivity index (χ1n) is 7.62. The van der Waals surface area contributed by atoms with Crippen LogP contribution < -0.4 is 11.0 Å². The molecule has 2 N–H and O–H groups in total. The zero-order valence-corrected chi connectivity index (χ0v) is 13.2. The molecule has 0 saturated carbocycles. The molecule has 1 amide bonds. The van der Waals surface area contributed by atoms with E-state index in [4.69, 9.17) is 0 Å². The van der Waals surface area contributed by atoms with E-state index < -0.39 is 0 Å². The number of carbonyl (C=O) groups excluding carboxylic acids is 1. The molecule has 0 unspecified atom stereocenters. The molecule has 118 valence electrons. The Labute approximate surface area is 134 Å². The first-order valence-corrected chi connectivity index (χ1v) is 7.62. The van der Waals surface area contributed by atoms with Gasteiger partial charge in [-0.3, -0.25) is 9.36 Å². The van der Waals surface area contributed by atoms with Gasteiger partial charge in [0.15, 0.2) is 0 Å². The number of H-pyrrole nitrogens is 1. The highest BCUT2D eigenvalue weighted by molar-refractivity contribution is 5.92. The quantitative estimate of drug-likeness (QED) is 0.777. The van der Waals surface area contributed by atoms with Gasteiger partial charge in [0.05, 0.1) is 11.0 Å². The highest BCUT2D eigenvalue weighted by atomic mass is 16.2. The second-order valence-electron chi connectivity index (χ2n) is 5.82. The molecular weight excluding hydrogens is 290 g/mol. The fourth-order valence-corrected chi connectivity index (χ4v) is 2.71. The van der Waals surface area contributed by atoms with Crippen molar-refractivity contribution in [2.75, 3.05) is 5.32 Å². The summed E-state index contributed by atoms with van der Waals surface area (Å²) >= 11 is 0. The number of para-hydroxylation sites is 3. The third-order valence-electron chi connectivity index (χ3n) is 3.84.